The predicted molar refractivity (Wildman–Crippen MR) is 107 cm³/mol. The molecule has 176 valence electrons. The number of benzene rings is 1. The van der Waals surface area contributed by atoms with Gasteiger partial charge < -0.3 is 14.9 Å². The minimum absolute atomic E-state index is 0.0274. The summed E-state index contributed by atoms with van der Waals surface area (Å²) in [6.07, 6.45) is 3.07. The van der Waals surface area contributed by atoms with Crippen LogP contribution in [0.25, 0.3) is 17.2 Å². The van der Waals surface area contributed by atoms with Crippen LogP contribution in [0.15, 0.2) is 43.1 Å². The van der Waals surface area contributed by atoms with Crippen molar-refractivity contribution in [1.82, 2.24) is 39.7 Å². The van der Waals surface area contributed by atoms with Crippen molar-refractivity contribution in [3.05, 3.63) is 66.4 Å². The number of halogens is 3. The Morgan fingerprint density at radius 3 is 2.53 bits per heavy atom. The van der Waals surface area contributed by atoms with E-state index in [1.54, 1.807) is 18.5 Å². The van der Waals surface area contributed by atoms with E-state index in [2.05, 4.69) is 30.5 Å². The Kier molecular flexibility index (Phi) is 5.77. The maximum absolute atomic E-state index is 13.7. The second-order valence-electron chi connectivity index (χ2n) is 7.58. The second kappa shape index (κ2) is 8.89. The Hall–Kier alpha value is -3.75. The Labute approximate surface area is 189 Å². The smallest absolute Gasteiger partial charge is 0.236 e. The van der Waals surface area contributed by atoms with Gasteiger partial charge in [-0.2, -0.15) is 0 Å². The molecule has 0 radical (unpaired) electrons. The number of nitrogens with zero attached hydrogens (tertiary/aromatic N) is 8. The molecule has 1 aliphatic heterocycles. The van der Waals surface area contributed by atoms with Crippen LogP contribution < -0.4 is 0 Å². The summed E-state index contributed by atoms with van der Waals surface area (Å²) in [6, 6.07) is 2.50. The standard InChI is InChI=1S/C20H17F3N8O3/c21-11-4-10(5-12(22)17(11)23)13-7-31(29-27-13)14-6-15(34-16(8-32)18(14)33)19-28-26-9-30(19)20-24-2-1-3-25-20/h1-5,7,9,14-16,18,32-33H,6,8H2. The summed E-state index contributed by atoms with van der Waals surface area (Å²) in [5, 5.41) is 36.4. The molecule has 0 amide bonds. The van der Waals surface area contributed by atoms with Gasteiger partial charge in [0.2, 0.25) is 5.95 Å². The van der Waals surface area contributed by atoms with Crippen molar-refractivity contribution < 1.29 is 28.1 Å². The highest BCUT2D eigenvalue weighted by atomic mass is 19.2. The van der Waals surface area contributed by atoms with Crippen molar-refractivity contribution in [2.45, 2.75) is 30.8 Å². The summed E-state index contributed by atoms with van der Waals surface area (Å²) in [7, 11) is 0. The van der Waals surface area contributed by atoms with E-state index in [-0.39, 0.29) is 17.7 Å². The monoisotopic (exact) mass is 474 g/mol. The van der Waals surface area contributed by atoms with Crippen LogP contribution in [0.4, 0.5) is 13.2 Å². The molecule has 0 aliphatic carbocycles. The third kappa shape index (κ3) is 3.91. The van der Waals surface area contributed by atoms with Gasteiger partial charge in [0.05, 0.1) is 18.8 Å². The van der Waals surface area contributed by atoms with Gasteiger partial charge in [-0.15, -0.1) is 15.3 Å². The van der Waals surface area contributed by atoms with Crippen LogP contribution in [-0.4, -0.2) is 68.8 Å². The van der Waals surface area contributed by atoms with Gasteiger partial charge in [-0.05, 0) is 18.2 Å². The van der Waals surface area contributed by atoms with Gasteiger partial charge in [-0.25, -0.2) is 27.8 Å². The lowest BCUT2D eigenvalue weighted by molar-refractivity contribution is -0.161. The number of hydrogen-bond acceptors (Lipinski definition) is 9. The summed E-state index contributed by atoms with van der Waals surface area (Å²) in [5.41, 5.74) is 0.0369. The third-order valence-corrected chi connectivity index (χ3v) is 5.51. The lowest BCUT2D eigenvalue weighted by Crippen LogP contribution is -2.45. The van der Waals surface area contributed by atoms with Gasteiger partial charge in [-0.1, -0.05) is 5.21 Å². The lowest BCUT2D eigenvalue weighted by atomic mass is 9.95. The molecule has 1 fully saturated rings. The zero-order chi connectivity index (χ0) is 23.8. The summed E-state index contributed by atoms with van der Waals surface area (Å²) in [6.45, 7) is -0.500. The molecule has 0 bridgehead atoms. The van der Waals surface area contributed by atoms with E-state index in [1.807, 2.05) is 0 Å². The van der Waals surface area contributed by atoms with E-state index in [0.717, 1.165) is 12.1 Å². The number of aromatic nitrogens is 8. The number of aliphatic hydroxyl groups excluding tert-OH is 2. The molecule has 14 heteroatoms. The van der Waals surface area contributed by atoms with Crippen LogP contribution in [0.2, 0.25) is 0 Å². The first-order valence-electron chi connectivity index (χ1n) is 10.1. The molecule has 11 nitrogen and oxygen atoms in total. The molecule has 2 N–H and O–H groups in total. The fourth-order valence-electron chi connectivity index (χ4n) is 3.84. The molecule has 4 heterocycles. The predicted octanol–water partition coefficient (Wildman–Crippen LogP) is 1.16. The molecule has 5 rings (SSSR count). The van der Waals surface area contributed by atoms with Gasteiger partial charge in [0.25, 0.3) is 0 Å². The number of aliphatic hydroxyl groups is 2. The first-order chi connectivity index (χ1) is 16.5. The van der Waals surface area contributed by atoms with Crippen LogP contribution in [0, 0.1) is 17.5 Å². The average molecular weight is 474 g/mol. The van der Waals surface area contributed by atoms with Crippen molar-refractivity contribution in [2.75, 3.05) is 6.61 Å². The van der Waals surface area contributed by atoms with Crippen LogP contribution in [-0.2, 0) is 4.74 Å². The normalized spacial score (nSPS) is 22.7. The summed E-state index contributed by atoms with van der Waals surface area (Å²) in [4.78, 5) is 8.33. The fourth-order valence-corrected chi connectivity index (χ4v) is 3.84. The minimum atomic E-state index is -1.59. The van der Waals surface area contributed by atoms with Gasteiger partial charge in [0.15, 0.2) is 23.3 Å². The van der Waals surface area contributed by atoms with E-state index >= 15 is 0 Å². The minimum Gasteiger partial charge on any atom is -0.394 e. The van der Waals surface area contributed by atoms with Crippen molar-refractivity contribution in [2.24, 2.45) is 0 Å². The van der Waals surface area contributed by atoms with Crippen LogP contribution in [0.3, 0.4) is 0 Å². The van der Waals surface area contributed by atoms with Crippen LogP contribution in [0.5, 0.6) is 0 Å². The van der Waals surface area contributed by atoms with E-state index in [9.17, 15) is 23.4 Å². The van der Waals surface area contributed by atoms with Gasteiger partial charge in [0.1, 0.15) is 30.3 Å². The molecule has 1 saturated heterocycles. The fraction of sp³-hybridized carbons (Fsp3) is 0.300. The first kappa shape index (κ1) is 22.1. The maximum atomic E-state index is 13.7. The van der Waals surface area contributed by atoms with E-state index in [0.29, 0.717) is 11.8 Å². The second-order valence-corrected chi connectivity index (χ2v) is 7.58. The molecular weight excluding hydrogens is 457 g/mol. The number of rotatable bonds is 5. The quantitative estimate of drug-likeness (QED) is 0.408. The van der Waals surface area contributed by atoms with Gasteiger partial charge in [0, 0.05) is 24.4 Å². The highest BCUT2D eigenvalue weighted by Crippen LogP contribution is 2.37. The highest BCUT2D eigenvalue weighted by molar-refractivity contribution is 5.57. The van der Waals surface area contributed by atoms with E-state index < -0.39 is 48.4 Å². The Morgan fingerprint density at radius 1 is 1.09 bits per heavy atom. The Morgan fingerprint density at radius 2 is 1.82 bits per heavy atom. The molecule has 3 aromatic heterocycles. The van der Waals surface area contributed by atoms with Gasteiger partial charge >= 0.3 is 0 Å². The molecule has 4 unspecified atom stereocenters. The summed E-state index contributed by atoms with van der Waals surface area (Å²) < 4.78 is 49.3. The molecule has 1 aliphatic rings. The third-order valence-electron chi connectivity index (χ3n) is 5.51. The van der Waals surface area contributed by atoms with E-state index in [4.69, 9.17) is 4.74 Å². The Balaban J connectivity index is 1.47. The number of ether oxygens (including phenoxy) is 1. The highest BCUT2D eigenvalue weighted by Gasteiger charge is 2.41. The molecule has 0 spiro atoms. The largest absolute Gasteiger partial charge is 0.394 e. The zero-order valence-corrected chi connectivity index (χ0v) is 17.3. The van der Waals surface area contributed by atoms with Crippen molar-refractivity contribution in [3.8, 4) is 17.2 Å². The van der Waals surface area contributed by atoms with Crippen LogP contribution >= 0.6 is 0 Å². The molecule has 1 aromatic carbocycles. The molecular formula is C20H17F3N8O3. The van der Waals surface area contributed by atoms with Crippen molar-refractivity contribution in [1.29, 1.82) is 0 Å². The summed E-state index contributed by atoms with van der Waals surface area (Å²) in [5.74, 6) is -3.67. The average Bonchev–Trinajstić information content (AvgIpc) is 3.53. The van der Waals surface area contributed by atoms with Crippen molar-refractivity contribution >= 4 is 0 Å². The first-order valence-corrected chi connectivity index (χ1v) is 10.1. The summed E-state index contributed by atoms with van der Waals surface area (Å²) >= 11 is 0. The molecule has 34 heavy (non-hydrogen) atoms. The molecule has 0 saturated carbocycles. The zero-order valence-electron chi connectivity index (χ0n) is 17.3. The van der Waals surface area contributed by atoms with Gasteiger partial charge in [-0.3, -0.25) is 4.57 Å². The van der Waals surface area contributed by atoms with E-state index in [1.165, 1.54) is 21.8 Å². The number of hydrogen-bond donors (Lipinski definition) is 2. The molecule has 4 aromatic rings. The van der Waals surface area contributed by atoms with Crippen LogP contribution in [0.1, 0.15) is 24.4 Å². The lowest BCUT2D eigenvalue weighted by Gasteiger charge is -2.38. The SMILES string of the molecule is OCC1OC(c2nncn2-c2ncccn2)CC(n2cc(-c3cc(F)c(F)c(F)c3)nn2)C1O. The molecule has 4 atom stereocenters. The topological polar surface area (TPSA) is 137 Å². The maximum Gasteiger partial charge on any atom is 0.236 e. The van der Waals surface area contributed by atoms with Crippen molar-refractivity contribution in [3.63, 3.8) is 0 Å². The Bertz CT molecular complexity index is 1280.